The van der Waals surface area contributed by atoms with E-state index in [1.54, 1.807) is 19.1 Å². The Morgan fingerprint density at radius 2 is 1.89 bits per heavy atom. The lowest BCUT2D eigenvalue weighted by Gasteiger charge is -2.33. The predicted molar refractivity (Wildman–Crippen MR) is 96.3 cm³/mol. The van der Waals surface area contributed by atoms with Gasteiger partial charge in [-0.15, -0.1) is 0 Å². The molecule has 0 N–H and O–H groups in total. The standard InChI is InChI=1S/C21H21F3O3/c1-3-9-25-19-8-6-14(10-18(19)23)16-7-5-15(11-17(16)22)20-26-12-21(24,4-2)13-27-20/h3,5-8,10-11,20H,1,4,9,12-13H2,2H3. The van der Waals surface area contributed by atoms with Crippen LogP contribution in [-0.4, -0.2) is 25.5 Å². The zero-order chi connectivity index (χ0) is 19.4. The van der Waals surface area contributed by atoms with Gasteiger partial charge in [-0.25, -0.2) is 13.2 Å². The summed E-state index contributed by atoms with van der Waals surface area (Å²) in [4.78, 5) is 0. The van der Waals surface area contributed by atoms with E-state index >= 15 is 0 Å². The fourth-order valence-electron chi connectivity index (χ4n) is 2.78. The fourth-order valence-corrected chi connectivity index (χ4v) is 2.78. The third-order valence-corrected chi connectivity index (χ3v) is 4.49. The van der Waals surface area contributed by atoms with Gasteiger partial charge >= 0.3 is 0 Å². The van der Waals surface area contributed by atoms with Crippen LogP contribution in [0.4, 0.5) is 13.2 Å². The average molecular weight is 378 g/mol. The van der Waals surface area contributed by atoms with Gasteiger partial charge in [0, 0.05) is 11.1 Å². The van der Waals surface area contributed by atoms with Crippen molar-refractivity contribution in [3.63, 3.8) is 0 Å². The molecule has 0 bridgehead atoms. The van der Waals surface area contributed by atoms with Crippen LogP contribution in [0, 0.1) is 11.6 Å². The molecule has 1 aliphatic rings. The predicted octanol–water partition coefficient (Wildman–Crippen LogP) is 5.36. The molecule has 1 fully saturated rings. The van der Waals surface area contributed by atoms with Crippen molar-refractivity contribution >= 4 is 0 Å². The molecule has 0 amide bonds. The molecule has 1 saturated heterocycles. The molecule has 6 heteroatoms. The number of ether oxygens (including phenoxy) is 3. The van der Waals surface area contributed by atoms with Crippen LogP contribution in [-0.2, 0) is 9.47 Å². The Labute approximate surface area is 156 Å². The monoisotopic (exact) mass is 378 g/mol. The number of hydrogen-bond acceptors (Lipinski definition) is 3. The Hall–Kier alpha value is -2.31. The van der Waals surface area contributed by atoms with Crippen molar-refractivity contribution in [1.82, 2.24) is 0 Å². The molecule has 3 nitrogen and oxygen atoms in total. The Bertz CT molecular complexity index is 814. The Morgan fingerprint density at radius 3 is 2.48 bits per heavy atom. The summed E-state index contributed by atoms with van der Waals surface area (Å²) < 4.78 is 58.8. The molecular weight excluding hydrogens is 357 g/mol. The van der Waals surface area contributed by atoms with E-state index in [9.17, 15) is 13.2 Å². The van der Waals surface area contributed by atoms with Gasteiger partial charge in [-0.05, 0) is 30.2 Å². The summed E-state index contributed by atoms with van der Waals surface area (Å²) in [5.74, 6) is -1.06. The average Bonchev–Trinajstić information content (AvgIpc) is 2.67. The summed E-state index contributed by atoms with van der Waals surface area (Å²) in [5.41, 5.74) is -0.457. The highest BCUT2D eigenvalue weighted by molar-refractivity contribution is 5.65. The lowest BCUT2D eigenvalue weighted by molar-refractivity contribution is -0.238. The van der Waals surface area contributed by atoms with Gasteiger partial charge in [-0.2, -0.15) is 0 Å². The highest BCUT2D eigenvalue weighted by atomic mass is 19.1. The number of rotatable bonds is 6. The van der Waals surface area contributed by atoms with Crippen molar-refractivity contribution in [3.8, 4) is 16.9 Å². The van der Waals surface area contributed by atoms with E-state index in [2.05, 4.69) is 6.58 Å². The van der Waals surface area contributed by atoms with Crippen LogP contribution in [0.25, 0.3) is 11.1 Å². The molecule has 2 aromatic rings. The fraction of sp³-hybridized carbons (Fsp3) is 0.333. The molecular formula is C21H21F3O3. The first-order chi connectivity index (χ1) is 13.0. The van der Waals surface area contributed by atoms with E-state index in [0.717, 1.165) is 0 Å². The summed E-state index contributed by atoms with van der Waals surface area (Å²) in [6, 6.07) is 8.64. The third-order valence-electron chi connectivity index (χ3n) is 4.49. The van der Waals surface area contributed by atoms with Gasteiger partial charge in [0.2, 0.25) is 0 Å². The Balaban J connectivity index is 1.77. The normalized spacial score (nSPS) is 22.4. The Morgan fingerprint density at radius 1 is 1.15 bits per heavy atom. The summed E-state index contributed by atoms with van der Waals surface area (Å²) in [6.07, 6.45) is 0.968. The number of benzene rings is 2. The maximum Gasteiger partial charge on any atom is 0.184 e. The molecule has 0 atom stereocenters. The first kappa shape index (κ1) is 19.5. The molecule has 0 aromatic heterocycles. The lowest BCUT2D eigenvalue weighted by Crippen LogP contribution is -2.40. The topological polar surface area (TPSA) is 27.7 Å². The maximum absolute atomic E-state index is 14.6. The van der Waals surface area contributed by atoms with Gasteiger partial charge < -0.3 is 14.2 Å². The summed E-state index contributed by atoms with van der Waals surface area (Å²) in [7, 11) is 0. The zero-order valence-corrected chi connectivity index (χ0v) is 15.0. The molecule has 1 heterocycles. The van der Waals surface area contributed by atoms with Crippen LogP contribution in [0.5, 0.6) is 5.75 Å². The van der Waals surface area contributed by atoms with Crippen LogP contribution in [0.15, 0.2) is 49.1 Å². The maximum atomic E-state index is 14.6. The second-order valence-corrected chi connectivity index (χ2v) is 6.44. The Kier molecular flexibility index (Phi) is 5.87. The lowest BCUT2D eigenvalue weighted by atomic mass is 10.0. The third kappa shape index (κ3) is 4.34. The quantitative estimate of drug-likeness (QED) is 0.634. The smallest absolute Gasteiger partial charge is 0.184 e. The number of hydrogen-bond donors (Lipinski definition) is 0. The molecule has 0 saturated carbocycles. The van der Waals surface area contributed by atoms with Crippen LogP contribution in [0.3, 0.4) is 0 Å². The van der Waals surface area contributed by atoms with Crippen LogP contribution < -0.4 is 4.74 Å². The molecule has 2 aromatic carbocycles. The van der Waals surface area contributed by atoms with Crippen LogP contribution >= 0.6 is 0 Å². The molecule has 0 radical (unpaired) electrons. The molecule has 3 rings (SSSR count). The van der Waals surface area contributed by atoms with Crippen molar-refractivity contribution in [2.24, 2.45) is 0 Å². The van der Waals surface area contributed by atoms with Gasteiger partial charge in [0.05, 0.1) is 13.2 Å². The molecule has 1 aliphatic heterocycles. The first-order valence-corrected chi connectivity index (χ1v) is 8.71. The summed E-state index contributed by atoms with van der Waals surface area (Å²) in [5, 5.41) is 0. The summed E-state index contributed by atoms with van der Waals surface area (Å²) >= 11 is 0. The number of alkyl halides is 1. The number of halogens is 3. The minimum absolute atomic E-state index is 0.0744. The van der Waals surface area contributed by atoms with Crippen molar-refractivity contribution in [2.75, 3.05) is 19.8 Å². The zero-order valence-electron chi connectivity index (χ0n) is 15.0. The molecule has 0 spiro atoms. The van der Waals surface area contributed by atoms with E-state index in [1.807, 2.05) is 0 Å². The van der Waals surface area contributed by atoms with Gasteiger partial charge in [0.15, 0.2) is 23.5 Å². The van der Waals surface area contributed by atoms with Gasteiger partial charge in [-0.3, -0.25) is 0 Å². The van der Waals surface area contributed by atoms with Gasteiger partial charge in [0.1, 0.15) is 12.4 Å². The van der Waals surface area contributed by atoms with Crippen LogP contribution in [0.1, 0.15) is 25.2 Å². The van der Waals surface area contributed by atoms with Crippen LogP contribution in [0.2, 0.25) is 0 Å². The molecule has 0 unspecified atom stereocenters. The second kappa shape index (κ2) is 8.15. The second-order valence-electron chi connectivity index (χ2n) is 6.44. The van der Waals surface area contributed by atoms with E-state index in [1.165, 1.54) is 30.3 Å². The minimum atomic E-state index is -1.51. The van der Waals surface area contributed by atoms with Crippen molar-refractivity contribution in [3.05, 3.63) is 66.3 Å². The van der Waals surface area contributed by atoms with Crippen molar-refractivity contribution in [2.45, 2.75) is 25.3 Å². The largest absolute Gasteiger partial charge is 0.486 e. The van der Waals surface area contributed by atoms with E-state index in [0.29, 0.717) is 11.1 Å². The SMILES string of the molecule is C=CCOc1ccc(-c2ccc(C3OCC(F)(CC)CO3)cc2F)cc1F. The molecule has 144 valence electrons. The van der Waals surface area contributed by atoms with E-state index in [-0.39, 0.29) is 37.6 Å². The molecule has 0 aliphatic carbocycles. The van der Waals surface area contributed by atoms with Gasteiger partial charge in [-0.1, -0.05) is 37.8 Å². The molecule has 27 heavy (non-hydrogen) atoms. The minimum Gasteiger partial charge on any atom is -0.486 e. The highest BCUT2D eigenvalue weighted by Crippen LogP contribution is 2.34. The summed E-state index contributed by atoms with van der Waals surface area (Å²) in [6.45, 7) is 5.19. The highest BCUT2D eigenvalue weighted by Gasteiger charge is 2.36. The van der Waals surface area contributed by atoms with Crippen molar-refractivity contribution in [1.29, 1.82) is 0 Å². The van der Waals surface area contributed by atoms with Crippen molar-refractivity contribution < 1.29 is 27.4 Å². The van der Waals surface area contributed by atoms with E-state index < -0.39 is 23.6 Å². The first-order valence-electron chi connectivity index (χ1n) is 8.71. The van der Waals surface area contributed by atoms with E-state index in [4.69, 9.17) is 14.2 Å². The van der Waals surface area contributed by atoms with Gasteiger partial charge in [0.25, 0.3) is 0 Å².